The van der Waals surface area contributed by atoms with Crippen LogP contribution in [0.3, 0.4) is 0 Å². The lowest BCUT2D eigenvalue weighted by Gasteiger charge is -2.35. The number of carbonyl (C=O) groups excluding carboxylic acids is 1. The molecule has 1 saturated heterocycles. The highest BCUT2D eigenvalue weighted by Gasteiger charge is 2.22. The van der Waals surface area contributed by atoms with E-state index >= 15 is 0 Å². The predicted octanol–water partition coefficient (Wildman–Crippen LogP) is 2.60. The van der Waals surface area contributed by atoms with Crippen molar-refractivity contribution in [2.24, 2.45) is 0 Å². The highest BCUT2D eigenvalue weighted by Crippen LogP contribution is 2.28. The molecule has 0 spiro atoms. The number of nitrogens with one attached hydrogen (secondary N) is 3. The first-order chi connectivity index (χ1) is 16.1. The first kappa shape index (κ1) is 23.8. The number of hydrogen-bond acceptors (Lipinski definition) is 6. The van der Waals surface area contributed by atoms with E-state index in [9.17, 15) is 18.0 Å². The summed E-state index contributed by atoms with van der Waals surface area (Å²) in [4.78, 5) is 32.3. The number of hydrogen-bond donors (Lipinski definition) is 3. The third-order valence-electron chi connectivity index (χ3n) is 6.05. The van der Waals surface area contributed by atoms with E-state index in [2.05, 4.69) is 31.9 Å². The quantitative estimate of drug-likeness (QED) is 0.497. The number of aryl methyl sites for hydroxylation is 1. The Labute approximate surface area is 198 Å². The maximum Gasteiger partial charge on any atom is 0.257 e. The summed E-state index contributed by atoms with van der Waals surface area (Å²) in [5.74, 6) is -0.402. The molecule has 2 aromatic carbocycles. The zero-order chi connectivity index (χ0) is 24.5. The van der Waals surface area contributed by atoms with Gasteiger partial charge in [0.25, 0.3) is 5.91 Å². The van der Waals surface area contributed by atoms with Crippen molar-refractivity contribution in [3.8, 4) is 0 Å². The van der Waals surface area contributed by atoms with E-state index in [0.717, 1.165) is 42.8 Å². The Hall–Kier alpha value is -3.37. The molecule has 34 heavy (non-hydrogen) atoms. The molecule has 1 aromatic heterocycles. The molecule has 0 bridgehead atoms. The van der Waals surface area contributed by atoms with Gasteiger partial charge in [-0.25, -0.2) is 8.42 Å². The minimum Gasteiger partial charge on any atom is -0.368 e. The van der Waals surface area contributed by atoms with Gasteiger partial charge in [-0.15, -0.1) is 0 Å². The summed E-state index contributed by atoms with van der Waals surface area (Å²) in [6.45, 7) is 6.67. The van der Waals surface area contributed by atoms with Crippen LogP contribution in [-0.4, -0.2) is 63.2 Å². The molecule has 1 aliphatic heterocycles. The van der Waals surface area contributed by atoms with Crippen molar-refractivity contribution >= 4 is 43.9 Å². The first-order valence-electron chi connectivity index (χ1n) is 11.2. The zero-order valence-electron chi connectivity index (χ0n) is 19.5. The lowest BCUT2D eigenvalue weighted by Crippen LogP contribution is -2.45. The van der Waals surface area contributed by atoms with E-state index in [4.69, 9.17) is 0 Å². The molecule has 0 atom stereocenters. The van der Waals surface area contributed by atoms with Crippen LogP contribution in [0.25, 0.3) is 10.9 Å². The Kier molecular flexibility index (Phi) is 6.63. The molecule has 9 nitrogen and oxygen atoms in total. The summed E-state index contributed by atoms with van der Waals surface area (Å²) < 4.78 is 26.7. The molecule has 3 aromatic rings. The Morgan fingerprint density at radius 3 is 2.44 bits per heavy atom. The maximum absolute atomic E-state index is 13.4. The molecule has 180 valence electrons. The minimum atomic E-state index is -3.48. The number of benzene rings is 2. The third kappa shape index (κ3) is 5.23. The van der Waals surface area contributed by atoms with E-state index in [1.165, 1.54) is 6.07 Å². The van der Waals surface area contributed by atoms with Gasteiger partial charge in [0.15, 0.2) is 0 Å². The van der Waals surface area contributed by atoms with Crippen molar-refractivity contribution in [3.63, 3.8) is 0 Å². The van der Waals surface area contributed by atoms with Gasteiger partial charge in [-0.3, -0.25) is 14.3 Å². The van der Waals surface area contributed by atoms with Gasteiger partial charge in [-0.05, 0) is 62.9 Å². The number of fused-ring (bicyclic) bond motifs is 1. The van der Waals surface area contributed by atoms with Gasteiger partial charge < -0.3 is 20.1 Å². The highest BCUT2D eigenvalue weighted by molar-refractivity contribution is 7.92. The summed E-state index contributed by atoms with van der Waals surface area (Å²) in [5.41, 5.74) is 3.39. The smallest absolute Gasteiger partial charge is 0.257 e. The zero-order valence-corrected chi connectivity index (χ0v) is 20.3. The van der Waals surface area contributed by atoms with Crippen molar-refractivity contribution < 1.29 is 13.2 Å². The average Bonchev–Trinajstić information content (AvgIpc) is 2.80. The summed E-state index contributed by atoms with van der Waals surface area (Å²) in [5, 5.41) is 3.77. The number of nitrogens with zero attached hydrogens (tertiary/aromatic N) is 2. The van der Waals surface area contributed by atoms with Crippen molar-refractivity contribution in [2.45, 2.75) is 13.8 Å². The van der Waals surface area contributed by atoms with Gasteiger partial charge >= 0.3 is 0 Å². The van der Waals surface area contributed by atoms with Gasteiger partial charge in [-0.2, -0.15) is 0 Å². The van der Waals surface area contributed by atoms with Gasteiger partial charge in [0, 0.05) is 60.2 Å². The van der Waals surface area contributed by atoms with Crippen LogP contribution in [0.15, 0.2) is 47.3 Å². The second kappa shape index (κ2) is 9.47. The molecular formula is C24H29N5O4S. The lowest BCUT2D eigenvalue weighted by atomic mass is 10.1. The van der Waals surface area contributed by atoms with E-state index in [0.29, 0.717) is 22.5 Å². The van der Waals surface area contributed by atoms with Crippen LogP contribution in [0.2, 0.25) is 0 Å². The van der Waals surface area contributed by atoms with E-state index in [1.807, 2.05) is 13.0 Å². The molecular weight excluding hydrogens is 454 g/mol. The number of sulfonamides is 1. The topological polar surface area (TPSA) is 115 Å². The van der Waals surface area contributed by atoms with Crippen LogP contribution in [0.5, 0.6) is 0 Å². The molecule has 10 heteroatoms. The van der Waals surface area contributed by atoms with E-state index < -0.39 is 10.0 Å². The maximum atomic E-state index is 13.4. The normalized spacial score (nSPS) is 14.9. The third-order valence-corrected chi connectivity index (χ3v) is 7.35. The van der Waals surface area contributed by atoms with Crippen LogP contribution < -0.4 is 20.5 Å². The summed E-state index contributed by atoms with van der Waals surface area (Å²) in [7, 11) is -1.42. The van der Waals surface area contributed by atoms with Crippen LogP contribution in [0.4, 0.5) is 17.1 Å². The summed E-state index contributed by atoms with van der Waals surface area (Å²) in [6, 6.07) is 11.9. The molecule has 1 amide bonds. The fourth-order valence-electron chi connectivity index (χ4n) is 4.06. The molecule has 0 unspecified atom stereocenters. The van der Waals surface area contributed by atoms with Crippen molar-refractivity contribution in [1.29, 1.82) is 0 Å². The number of anilines is 3. The molecule has 0 aliphatic carbocycles. The number of carbonyl (C=O) groups is 1. The Morgan fingerprint density at radius 2 is 1.74 bits per heavy atom. The van der Waals surface area contributed by atoms with Gasteiger partial charge in [0.1, 0.15) is 0 Å². The number of piperazine rings is 1. The lowest BCUT2D eigenvalue weighted by molar-refractivity contribution is 0.102. The van der Waals surface area contributed by atoms with Gasteiger partial charge in [0.05, 0.1) is 11.3 Å². The number of aromatic nitrogens is 1. The second-order valence-corrected chi connectivity index (χ2v) is 10.6. The minimum absolute atomic E-state index is 0.0622. The van der Waals surface area contributed by atoms with Gasteiger partial charge in [0.2, 0.25) is 15.6 Å². The molecule has 3 N–H and O–H groups in total. The van der Waals surface area contributed by atoms with Crippen molar-refractivity contribution in [2.75, 3.05) is 53.9 Å². The monoisotopic (exact) mass is 483 g/mol. The van der Waals surface area contributed by atoms with Crippen LogP contribution in [0, 0.1) is 6.92 Å². The molecule has 0 saturated carbocycles. The largest absolute Gasteiger partial charge is 0.368 e. The molecule has 1 fully saturated rings. The Balaban J connectivity index is 1.69. The van der Waals surface area contributed by atoms with Crippen LogP contribution in [0.1, 0.15) is 22.8 Å². The number of amides is 1. The van der Waals surface area contributed by atoms with Crippen molar-refractivity contribution in [1.82, 2.24) is 9.88 Å². The molecule has 2 heterocycles. The Morgan fingerprint density at radius 1 is 1.03 bits per heavy atom. The Bertz CT molecular complexity index is 1390. The molecule has 4 rings (SSSR count). The number of pyridine rings is 1. The summed E-state index contributed by atoms with van der Waals surface area (Å²) in [6.07, 6.45) is 0. The standard InChI is InChI=1S/C24H29N5O4S/c1-4-34(32,33)27-18-6-8-22(29-11-9-28(3)10-12-29)20(15-18)24(31)25-17-5-7-21-19(14-17)16(2)13-23(30)26-21/h5-8,13-15,27H,4,9-12H2,1-3H3,(H,25,31)(H,26,30). The van der Waals surface area contributed by atoms with E-state index in [-0.39, 0.29) is 17.2 Å². The number of rotatable bonds is 6. The molecule has 1 aliphatic rings. The second-order valence-electron chi connectivity index (χ2n) is 8.56. The fourth-order valence-corrected chi connectivity index (χ4v) is 4.69. The number of H-pyrrole nitrogens is 1. The van der Waals surface area contributed by atoms with Crippen LogP contribution >= 0.6 is 0 Å². The fraction of sp³-hybridized carbons (Fsp3) is 0.333. The van der Waals surface area contributed by atoms with E-state index in [1.54, 1.807) is 37.3 Å². The highest BCUT2D eigenvalue weighted by atomic mass is 32.2. The predicted molar refractivity (Wildman–Crippen MR) is 136 cm³/mol. The number of aromatic amines is 1. The first-order valence-corrected chi connectivity index (χ1v) is 12.8. The average molecular weight is 484 g/mol. The molecule has 0 radical (unpaired) electrons. The van der Waals surface area contributed by atoms with Gasteiger partial charge in [-0.1, -0.05) is 0 Å². The van der Waals surface area contributed by atoms with Crippen LogP contribution in [-0.2, 0) is 10.0 Å². The number of likely N-dealkylation sites (N-methyl/N-ethyl adjacent to an activating group) is 1. The summed E-state index contributed by atoms with van der Waals surface area (Å²) >= 11 is 0. The van der Waals surface area contributed by atoms with Crippen molar-refractivity contribution in [3.05, 3.63) is 63.9 Å². The SMILES string of the molecule is CCS(=O)(=O)Nc1ccc(N2CCN(C)CC2)c(C(=O)Nc2ccc3[nH]c(=O)cc(C)c3c2)c1.